The maximum Gasteiger partial charge on any atom is 0.215 e. The van der Waals surface area contributed by atoms with Crippen LogP contribution in [0.1, 0.15) is 31.4 Å². The molecule has 0 aromatic heterocycles. The van der Waals surface area contributed by atoms with Crippen LogP contribution in [0.25, 0.3) is 0 Å². The van der Waals surface area contributed by atoms with Gasteiger partial charge in [0, 0.05) is 26.3 Å². The average molecular weight is 314 g/mol. The van der Waals surface area contributed by atoms with Crippen LogP contribution in [0.3, 0.4) is 0 Å². The molecule has 120 valence electrons. The van der Waals surface area contributed by atoms with Crippen LogP contribution in [0.4, 0.5) is 0 Å². The van der Waals surface area contributed by atoms with Crippen LogP contribution in [0.15, 0.2) is 24.3 Å². The summed E-state index contributed by atoms with van der Waals surface area (Å²) in [6.45, 7) is 6.31. The van der Waals surface area contributed by atoms with Gasteiger partial charge in [-0.1, -0.05) is 38.1 Å². The lowest BCUT2D eigenvalue weighted by molar-refractivity contribution is 0.108. The first-order chi connectivity index (χ1) is 9.93. The highest BCUT2D eigenvalue weighted by Crippen LogP contribution is 2.07. The van der Waals surface area contributed by atoms with Gasteiger partial charge < -0.3 is 10.5 Å². The molecular formula is C15H26N2O3S. The molecule has 5 nitrogen and oxygen atoms in total. The quantitative estimate of drug-likeness (QED) is 0.643. The number of nitrogens with one attached hydrogen (secondary N) is 1. The minimum Gasteiger partial charge on any atom is -0.381 e. The van der Waals surface area contributed by atoms with Crippen molar-refractivity contribution in [3.05, 3.63) is 35.4 Å². The van der Waals surface area contributed by atoms with E-state index in [0.717, 1.165) is 11.1 Å². The molecule has 6 heteroatoms. The van der Waals surface area contributed by atoms with Crippen LogP contribution >= 0.6 is 0 Å². The Morgan fingerprint density at radius 2 is 1.81 bits per heavy atom. The molecule has 0 radical (unpaired) electrons. The lowest BCUT2D eigenvalue weighted by Crippen LogP contribution is -2.27. The predicted molar refractivity (Wildman–Crippen MR) is 85.2 cm³/mol. The van der Waals surface area contributed by atoms with Crippen molar-refractivity contribution in [3.8, 4) is 0 Å². The highest BCUT2D eigenvalue weighted by atomic mass is 32.2. The largest absolute Gasteiger partial charge is 0.381 e. The van der Waals surface area contributed by atoms with Gasteiger partial charge in [0.15, 0.2) is 0 Å². The molecule has 0 bridgehead atoms. The summed E-state index contributed by atoms with van der Waals surface area (Å²) in [5.74, 6) is 0.489. The molecule has 0 aliphatic rings. The molecule has 0 saturated heterocycles. The Morgan fingerprint density at radius 3 is 2.38 bits per heavy atom. The second-order valence-corrected chi connectivity index (χ2v) is 7.30. The molecule has 1 rings (SSSR count). The highest BCUT2D eigenvalue weighted by Gasteiger charge is 2.10. The molecule has 21 heavy (non-hydrogen) atoms. The van der Waals surface area contributed by atoms with Gasteiger partial charge >= 0.3 is 0 Å². The van der Waals surface area contributed by atoms with E-state index in [9.17, 15) is 8.42 Å². The Hall–Kier alpha value is -0.950. The third-order valence-corrected chi connectivity index (χ3v) is 4.21. The van der Waals surface area contributed by atoms with Gasteiger partial charge in [-0.15, -0.1) is 0 Å². The first-order valence-corrected chi connectivity index (χ1v) is 8.91. The van der Waals surface area contributed by atoms with Crippen molar-refractivity contribution in [2.45, 2.75) is 32.6 Å². The number of hydrogen-bond acceptors (Lipinski definition) is 4. The van der Waals surface area contributed by atoms with E-state index in [1.165, 1.54) is 0 Å². The monoisotopic (exact) mass is 314 g/mol. The number of ether oxygens (including phenoxy) is 1. The van der Waals surface area contributed by atoms with E-state index in [-0.39, 0.29) is 5.75 Å². The van der Waals surface area contributed by atoms with Gasteiger partial charge in [-0.25, -0.2) is 13.1 Å². The smallest absolute Gasteiger partial charge is 0.215 e. The summed E-state index contributed by atoms with van der Waals surface area (Å²) >= 11 is 0. The van der Waals surface area contributed by atoms with Gasteiger partial charge in [0.25, 0.3) is 0 Å². The summed E-state index contributed by atoms with van der Waals surface area (Å²) in [5.41, 5.74) is 7.26. The lowest BCUT2D eigenvalue weighted by atomic mass is 10.1. The standard InChI is InChI=1S/C15H26N2O3S/c1-13(2)11-20-9-3-8-17-21(18,19)12-15-6-4-14(10-16)5-7-15/h4-7,13,17H,3,8-12,16H2,1-2H3. The highest BCUT2D eigenvalue weighted by molar-refractivity contribution is 7.88. The Balaban J connectivity index is 2.29. The number of sulfonamides is 1. The van der Waals surface area contributed by atoms with Gasteiger partial charge in [0.2, 0.25) is 10.0 Å². The topological polar surface area (TPSA) is 81.4 Å². The molecule has 0 fully saturated rings. The Labute approximate surface area is 127 Å². The van der Waals surface area contributed by atoms with E-state index in [2.05, 4.69) is 18.6 Å². The minimum atomic E-state index is -3.29. The molecular weight excluding hydrogens is 288 g/mol. The molecule has 0 saturated carbocycles. The van der Waals surface area contributed by atoms with Crippen LogP contribution in [-0.2, 0) is 27.1 Å². The Morgan fingerprint density at radius 1 is 1.19 bits per heavy atom. The number of nitrogens with two attached hydrogens (primary N) is 1. The number of hydrogen-bond donors (Lipinski definition) is 2. The SMILES string of the molecule is CC(C)COCCCNS(=O)(=O)Cc1ccc(CN)cc1. The maximum absolute atomic E-state index is 11.9. The molecule has 0 unspecified atom stereocenters. The number of rotatable bonds is 10. The first-order valence-electron chi connectivity index (χ1n) is 7.26. The fraction of sp³-hybridized carbons (Fsp3) is 0.600. The molecule has 0 aliphatic heterocycles. The van der Waals surface area contributed by atoms with Crippen molar-refractivity contribution in [1.29, 1.82) is 0 Å². The average Bonchev–Trinajstić information content (AvgIpc) is 2.43. The zero-order chi connectivity index (χ0) is 15.7. The summed E-state index contributed by atoms with van der Waals surface area (Å²) < 4.78 is 31.8. The molecule has 0 amide bonds. The third-order valence-electron chi connectivity index (χ3n) is 2.85. The normalized spacial score (nSPS) is 12.0. The lowest BCUT2D eigenvalue weighted by Gasteiger charge is -2.09. The molecule has 1 aromatic rings. The van der Waals surface area contributed by atoms with E-state index in [0.29, 0.717) is 38.6 Å². The van der Waals surface area contributed by atoms with E-state index >= 15 is 0 Å². The van der Waals surface area contributed by atoms with Crippen molar-refractivity contribution in [3.63, 3.8) is 0 Å². The molecule has 1 aromatic carbocycles. The molecule has 3 N–H and O–H groups in total. The first kappa shape index (κ1) is 18.1. The predicted octanol–water partition coefficient (Wildman–Crippen LogP) is 1.63. The third kappa shape index (κ3) is 8.16. The van der Waals surface area contributed by atoms with Crippen LogP contribution < -0.4 is 10.5 Å². The van der Waals surface area contributed by atoms with Crippen molar-refractivity contribution in [1.82, 2.24) is 4.72 Å². The maximum atomic E-state index is 11.9. The summed E-state index contributed by atoms with van der Waals surface area (Å²) in [6, 6.07) is 7.30. The Kier molecular flexibility index (Phi) is 7.88. The van der Waals surface area contributed by atoms with Crippen molar-refractivity contribution >= 4 is 10.0 Å². The Bertz CT molecular complexity index is 498. The van der Waals surface area contributed by atoms with Gasteiger partial charge in [0.1, 0.15) is 0 Å². The molecule has 0 heterocycles. The fourth-order valence-electron chi connectivity index (χ4n) is 1.76. The van der Waals surface area contributed by atoms with Gasteiger partial charge in [-0.3, -0.25) is 0 Å². The van der Waals surface area contributed by atoms with Crippen molar-refractivity contribution in [2.24, 2.45) is 11.7 Å². The summed E-state index contributed by atoms with van der Waals surface area (Å²) in [7, 11) is -3.29. The van der Waals surface area contributed by atoms with Crippen LogP contribution in [-0.4, -0.2) is 28.2 Å². The summed E-state index contributed by atoms with van der Waals surface area (Å²) in [5, 5.41) is 0. The number of benzene rings is 1. The van der Waals surface area contributed by atoms with Gasteiger partial charge in [-0.05, 0) is 23.5 Å². The van der Waals surface area contributed by atoms with Crippen LogP contribution in [0, 0.1) is 5.92 Å². The second kappa shape index (κ2) is 9.15. The summed E-state index contributed by atoms with van der Waals surface area (Å²) in [4.78, 5) is 0. The van der Waals surface area contributed by atoms with Gasteiger partial charge in [-0.2, -0.15) is 0 Å². The van der Waals surface area contributed by atoms with Crippen LogP contribution in [0.2, 0.25) is 0 Å². The molecule has 0 spiro atoms. The van der Waals surface area contributed by atoms with E-state index in [1.807, 2.05) is 12.1 Å². The van der Waals surface area contributed by atoms with E-state index < -0.39 is 10.0 Å². The molecule has 0 atom stereocenters. The minimum absolute atomic E-state index is 0.00922. The zero-order valence-electron chi connectivity index (χ0n) is 12.8. The zero-order valence-corrected chi connectivity index (χ0v) is 13.7. The van der Waals surface area contributed by atoms with Crippen molar-refractivity contribution < 1.29 is 13.2 Å². The van der Waals surface area contributed by atoms with Crippen LogP contribution in [0.5, 0.6) is 0 Å². The van der Waals surface area contributed by atoms with E-state index in [4.69, 9.17) is 10.5 Å². The summed E-state index contributed by atoms with van der Waals surface area (Å²) in [6.07, 6.45) is 0.679. The van der Waals surface area contributed by atoms with E-state index in [1.54, 1.807) is 12.1 Å². The molecule has 0 aliphatic carbocycles. The second-order valence-electron chi connectivity index (χ2n) is 5.50. The van der Waals surface area contributed by atoms with Gasteiger partial charge in [0.05, 0.1) is 5.75 Å². The fourth-order valence-corrected chi connectivity index (χ4v) is 2.95. The van der Waals surface area contributed by atoms with Crippen molar-refractivity contribution in [2.75, 3.05) is 19.8 Å².